The monoisotopic (exact) mass is 353 g/mol. The van der Waals surface area contributed by atoms with Crippen LogP contribution >= 0.6 is 22.7 Å². The quantitative estimate of drug-likeness (QED) is 0.777. The fourth-order valence-corrected chi connectivity index (χ4v) is 3.13. The van der Waals surface area contributed by atoms with E-state index in [1.54, 1.807) is 5.38 Å². The van der Waals surface area contributed by atoms with Gasteiger partial charge in [0.2, 0.25) is 0 Å². The minimum atomic E-state index is -0.701. The molecule has 23 heavy (non-hydrogen) atoms. The number of thiophene rings is 1. The van der Waals surface area contributed by atoms with Gasteiger partial charge in [0.25, 0.3) is 5.91 Å². The van der Waals surface area contributed by atoms with E-state index >= 15 is 0 Å². The molecule has 2 rings (SSSR count). The highest BCUT2D eigenvalue weighted by Crippen LogP contribution is 2.27. The second-order valence-electron chi connectivity index (χ2n) is 4.40. The van der Waals surface area contributed by atoms with Gasteiger partial charge in [-0.05, 0) is 17.9 Å². The van der Waals surface area contributed by atoms with E-state index in [1.807, 2.05) is 24.4 Å². The summed E-state index contributed by atoms with van der Waals surface area (Å²) < 4.78 is 4.84. The molecule has 2 aromatic heterocycles. The number of carbonyl (C=O) groups excluding carboxylic acids is 3. The minimum Gasteiger partial charge on any atom is -0.451 e. The Kier molecular flexibility index (Phi) is 6.24. The molecule has 2 N–H and O–H groups in total. The first kappa shape index (κ1) is 17.1. The number of esters is 1. The molecule has 2 heterocycles. The Morgan fingerprint density at radius 1 is 1.30 bits per heavy atom. The molecule has 0 saturated carbocycles. The Labute approximate surface area is 140 Å². The molecule has 9 heteroatoms. The van der Waals surface area contributed by atoms with Gasteiger partial charge in [-0.15, -0.1) is 22.7 Å². The first-order chi connectivity index (χ1) is 11.1. The lowest BCUT2D eigenvalue weighted by Crippen LogP contribution is -2.41. The molecular formula is C14H15N3O4S2. The van der Waals surface area contributed by atoms with E-state index in [2.05, 4.69) is 15.6 Å². The predicted molar refractivity (Wildman–Crippen MR) is 87.5 cm³/mol. The number of nitrogens with one attached hydrogen (secondary N) is 2. The number of nitrogens with zero attached hydrogens (tertiary/aromatic N) is 1. The Bertz CT molecular complexity index is 682. The second-order valence-corrected chi connectivity index (χ2v) is 6.20. The van der Waals surface area contributed by atoms with Gasteiger partial charge in [0, 0.05) is 11.9 Å². The topological polar surface area (TPSA) is 97.4 Å². The summed E-state index contributed by atoms with van der Waals surface area (Å²) in [4.78, 5) is 39.7. The second kappa shape index (κ2) is 8.39. The number of thiazole rings is 1. The van der Waals surface area contributed by atoms with Crippen molar-refractivity contribution in [2.75, 3.05) is 13.2 Å². The van der Waals surface area contributed by atoms with E-state index in [4.69, 9.17) is 4.74 Å². The SMILES string of the molecule is CCCNC(=O)NC(=O)COC(=O)c1csc(-c2cccs2)n1. The number of aromatic nitrogens is 1. The van der Waals surface area contributed by atoms with Crippen LogP contribution in [-0.2, 0) is 9.53 Å². The first-order valence-electron chi connectivity index (χ1n) is 6.84. The van der Waals surface area contributed by atoms with Gasteiger partial charge in [-0.3, -0.25) is 10.1 Å². The van der Waals surface area contributed by atoms with Crippen LogP contribution in [0.1, 0.15) is 23.8 Å². The smallest absolute Gasteiger partial charge is 0.358 e. The van der Waals surface area contributed by atoms with Crippen molar-refractivity contribution in [1.29, 1.82) is 0 Å². The van der Waals surface area contributed by atoms with Crippen LogP contribution in [0.5, 0.6) is 0 Å². The summed E-state index contributed by atoms with van der Waals surface area (Å²) in [5.41, 5.74) is 0.140. The maximum absolute atomic E-state index is 11.8. The van der Waals surface area contributed by atoms with Gasteiger partial charge in [-0.1, -0.05) is 13.0 Å². The maximum Gasteiger partial charge on any atom is 0.358 e. The summed E-state index contributed by atoms with van der Waals surface area (Å²) in [7, 11) is 0. The van der Waals surface area contributed by atoms with Gasteiger partial charge in [0.1, 0.15) is 5.01 Å². The number of hydrogen-bond donors (Lipinski definition) is 2. The molecule has 0 aromatic carbocycles. The molecule has 0 saturated heterocycles. The van der Waals surface area contributed by atoms with Crippen LogP contribution in [-0.4, -0.2) is 36.0 Å². The highest BCUT2D eigenvalue weighted by Gasteiger charge is 2.16. The first-order valence-corrected chi connectivity index (χ1v) is 8.60. The van der Waals surface area contributed by atoms with Crippen molar-refractivity contribution in [2.24, 2.45) is 0 Å². The van der Waals surface area contributed by atoms with Crippen LogP contribution in [0, 0.1) is 0 Å². The predicted octanol–water partition coefficient (Wildman–Crippen LogP) is 2.26. The highest BCUT2D eigenvalue weighted by atomic mass is 32.1. The van der Waals surface area contributed by atoms with Crippen molar-refractivity contribution in [3.63, 3.8) is 0 Å². The molecule has 0 aliphatic heterocycles. The normalized spacial score (nSPS) is 10.1. The lowest BCUT2D eigenvalue weighted by atomic mass is 10.4. The maximum atomic E-state index is 11.8. The van der Waals surface area contributed by atoms with Crippen molar-refractivity contribution >= 4 is 40.6 Å². The third-order valence-electron chi connectivity index (χ3n) is 2.57. The Balaban J connectivity index is 1.81. The molecule has 0 aliphatic carbocycles. The zero-order chi connectivity index (χ0) is 16.7. The molecule has 0 atom stereocenters. The fraction of sp³-hybridized carbons (Fsp3) is 0.286. The molecule has 0 spiro atoms. The number of carbonyl (C=O) groups is 3. The molecule has 0 bridgehead atoms. The molecule has 7 nitrogen and oxygen atoms in total. The summed E-state index contributed by atoms with van der Waals surface area (Å²) in [6.07, 6.45) is 0.757. The van der Waals surface area contributed by atoms with Gasteiger partial charge in [0.15, 0.2) is 12.3 Å². The molecular weight excluding hydrogens is 338 g/mol. The van der Waals surface area contributed by atoms with E-state index in [0.29, 0.717) is 6.54 Å². The Morgan fingerprint density at radius 3 is 2.83 bits per heavy atom. The molecule has 3 amide bonds. The van der Waals surface area contributed by atoms with Crippen molar-refractivity contribution in [3.8, 4) is 9.88 Å². The molecule has 122 valence electrons. The van der Waals surface area contributed by atoms with Crippen LogP contribution in [0.25, 0.3) is 9.88 Å². The van der Waals surface area contributed by atoms with Gasteiger partial charge in [-0.25, -0.2) is 14.6 Å². The average Bonchev–Trinajstić information content (AvgIpc) is 3.20. The third kappa shape index (κ3) is 5.15. The highest BCUT2D eigenvalue weighted by molar-refractivity contribution is 7.20. The van der Waals surface area contributed by atoms with Crippen molar-refractivity contribution in [2.45, 2.75) is 13.3 Å². The average molecular weight is 353 g/mol. The fourth-order valence-electron chi connectivity index (χ4n) is 1.53. The molecule has 0 aliphatic rings. The van der Waals surface area contributed by atoms with Gasteiger partial charge in [0.05, 0.1) is 4.88 Å². The van der Waals surface area contributed by atoms with Crippen LogP contribution in [0.15, 0.2) is 22.9 Å². The van der Waals surface area contributed by atoms with Crippen molar-refractivity contribution in [3.05, 3.63) is 28.6 Å². The third-order valence-corrected chi connectivity index (χ3v) is 4.45. The van der Waals surface area contributed by atoms with Crippen molar-refractivity contribution < 1.29 is 19.1 Å². The van der Waals surface area contributed by atoms with E-state index in [1.165, 1.54) is 22.7 Å². The summed E-state index contributed by atoms with van der Waals surface area (Å²) in [5.74, 6) is -1.39. The van der Waals surface area contributed by atoms with E-state index in [0.717, 1.165) is 16.3 Å². The molecule has 0 fully saturated rings. The van der Waals surface area contributed by atoms with Crippen LogP contribution < -0.4 is 10.6 Å². The summed E-state index contributed by atoms with van der Waals surface area (Å²) in [6, 6.07) is 3.19. The van der Waals surface area contributed by atoms with Gasteiger partial charge >= 0.3 is 12.0 Å². The van der Waals surface area contributed by atoms with E-state index < -0.39 is 24.5 Å². The lowest BCUT2D eigenvalue weighted by molar-refractivity contribution is -0.123. The molecule has 2 aromatic rings. The zero-order valence-electron chi connectivity index (χ0n) is 12.3. The Morgan fingerprint density at radius 2 is 2.13 bits per heavy atom. The summed E-state index contributed by atoms with van der Waals surface area (Å²) in [5, 5.41) is 8.76. The largest absolute Gasteiger partial charge is 0.451 e. The number of rotatable bonds is 6. The zero-order valence-corrected chi connectivity index (χ0v) is 14.0. The standard InChI is InChI=1S/C14H15N3O4S2/c1-2-5-15-14(20)17-11(18)7-21-13(19)9-8-23-12(16-9)10-4-3-6-22-10/h3-4,6,8H,2,5,7H2,1H3,(H2,15,17,18,20). The lowest BCUT2D eigenvalue weighted by Gasteiger charge is -2.05. The Hall–Kier alpha value is -2.26. The molecule has 0 unspecified atom stereocenters. The number of urea groups is 1. The number of imide groups is 1. The number of amides is 3. The van der Waals surface area contributed by atoms with Gasteiger partial charge < -0.3 is 10.1 Å². The molecule has 0 radical (unpaired) electrons. The summed E-state index contributed by atoms with van der Waals surface area (Å²) >= 11 is 2.84. The van der Waals surface area contributed by atoms with E-state index in [9.17, 15) is 14.4 Å². The van der Waals surface area contributed by atoms with E-state index in [-0.39, 0.29) is 5.69 Å². The van der Waals surface area contributed by atoms with Crippen LogP contribution in [0.4, 0.5) is 4.79 Å². The number of hydrogen-bond acceptors (Lipinski definition) is 7. The van der Waals surface area contributed by atoms with Crippen LogP contribution in [0.3, 0.4) is 0 Å². The van der Waals surface area contributed by atoms with Crippen LogP contribution in [0.2, 0.25) is 0 Å². The van der Waals surface area contributed by atoms with Gasteiger partial charge in [-0.2, -0.15) is 0 Å². The van der Waals surface area contributed by atoms with Crippen molar-refractivity contribution in [1.82, 2.24) is 15.6 Å². The minimum absolute atomic E-state index is 0.140. The summed E-state index contributed by atoms with van der Waals surface area (Å²) in [6.45, 7) is 1.82. The number of ether oxygens (including phenoxy) is 1.